The molecule has 1 aliphatic rings. The predicted octanol–water partition coefficient (Wildman–Crippen LogP) is 4.13. The summed E-state index contributed by atoms with van der Waals surface area (Å²) < 4.78 is 39.0. The summed E-state index contributed by atoms with van der Waals surface area (Å²) in [6.45, 7) is 1.13. The summed E-state index contributed by atoms with van der Waals surface area (Å²) in [5.41, 5.74) is 0.781. The standard InChI is InChI=1S/C24H20BrClF2IN5O4/c1-10-31-24(34(32-10)16-6-12(25)2-5-15(16)29)23-22(37)20(21(36)17(9-35)38-23)33-8-11(7-30-33)13-3-4-14(26)19(28)18(13)27/h2-8,17,20-23,35-37H,9H2,1H3/t17-,20+,21+,22-,23-/m1/s1. The van der Waals surface area contributed by atoms with Crippen molar-refractivity contribution in [3.8, 4) is 16.8 Å². The minimum Gasteiger partial charge on any atom is -0.394 e. The normalized spacial score (nSPS) is 23.7. The molecule has 0 aliphatic carbocycles. The van der Waals surface area contributed by atoms with Crippen molar-refractivity contribution >= 4 is 50.1 Å². The van der Waals surface area contributed by atoms with Gasteiger partial charge in [0, 0.05) is 25.4 Å². The van der Waals surface area contributed by atoms with Crippen LogP contribution in [-0.4, -0.2) is 64.8 Å². The quantitative estimate of drug-likeness (QED) is 0.210. The Morgan fingerprint density at radius 2 is 1.92 bits per heavy atom. The van der Waals surface area contributed by atoms with E-state index >= 15 is 0 Å². The fourth-order valence-electron chi connectivity index (χ4n) is 4.46. The molecule has 2 aromatic heterocycles. The number of aryl methyl sites for hydroxylation is 1. The maximum Gasteiger partial charge on any atom is 0.178 e. The Bertz CT molecular complexity index is 1500. The van der Waals surface area contributed by atoms with Crippen LogP contribution in [0.2, 0.25) is 5.02 Å². The van der Waals surface area contributed by atoms with Crippen molar-refractivity contribution in [2.24, 2.45) is 0 Å². The second kappa shape index (κ2) is 10.9. The van der Waals surface area contributed by atoms with Gasteiger partial charge in [-0.05, 0) is 59.8 Å². The SMILES string of the molecule is Cc1nc([C@@H]2O[C@H](CO)[C@H](O)[C@H](n3cc(-c4ccc(Cl)c(F)c4F)cn3)[C@H]2O)n(-c2cc(Br)ccc2I)n1. The zero-order valence-corrected chi connectivity index (χ0v) is 24.0. The number of benzene rings is 2. The number of aliphatic hydroxyl groups is 3. The fourth-order valence-corrected chi connectivity index (χ4v) is 5.52. The lowest BCUT2D eigenvalue weighted by Gasteiger charge is -2.41. The third kappa shape index (κ3) is 4.89. The molecule has 5 atom stereocenters. The Labute approximate surface area is 242 Å². The van der Waals surface area contributed by atoms with Crippen molar-refractivity contribution in [2.45, 2.75) is 37.4 Å². The van der Waals surface area contributed by atoms with Crippen LogP contribution in [0.5, 0.6) is 0 Å². The van der Waals surface area contributed by atoms with E-state index in [-0.39, 0.29) is 22.0 Å². The van der Waals surface area contributed by atoms with E-state index in [1.807, 2.05) is 18.2 Å². The molecule has 0 spiro atoms. The highest BCUT2D eigenvalue weighted by Gasteiger charge is 2.48. The van der Waals surface area contributed by atoms with Gasteiger partial charge in [-0.15, -0.1) is 0 Å². The number of aliphatic hydroxyl groups excluding tert-OH is 3. The molecule has 14 heteroatoms. The predicted molar refractivity (Wildman–Crippen MR) is 145 cm³/mol. The Morgan fingerprint density at radius 3 is 2.66 bits per heavy atom. The summed E-state index contributed by atoms with van der Waals surface area (Å²) in [6, 6.07) is 6.99. The Hall–Kier alpha value is -2.01. The van der Waals surface area contributed by atoms with Crippen LogP contribution in [0, 0.1) is 22.1 Å². The Kier molecular flexibility index (Phi) is 7.88. The number of nitrogens with zero attached hydrogens (tertiary/aromatic N) is 5. The van der Waals surface area contributed by atoms with Crippen LogP contribution < -0.4 is 0 Å². The summed E-state index contributed by atoms with van der Waals surface area (Å²) >= 11 is 11.3. The van der Waals surface area contributed by atoms with Crippen LogP contribution in [0.4, 0.5) is 8.78 Å². The van der Waals surface area contributed by atoms with Crippen molar-refractivity contribution in [3.63, 3.8) is 0 Å². The summed E-state index contributed by atoms with van der Waals surface area (Å²) in [7, 11) is 0. The topological polar surface area (TPSA) is 118 Å². The molecule has 0 radical (unpaired) electrons. The van der Waals surface area contributed by atoms with Gasteiger partial charge in [-0.2, -0.15) is 10.2 Å². The van der Waals surface area contributed by atoms with Gasteiger partial charge in [0.25, 0.3) is 0 Å². The molecule has 0 bridgehead atoms. The zero-order valence-electron chi connectivity index (χ0n) is 19.5. The van der Waals surface area contributed by atoms with E-state index in [9.17, 15) is 24.1 Å². The molecule has 0 saturated carbocycles. The first-order valence-electron chi connectivity index (χ1n) is 11.3. The minimum absolute atomic E-state index is 0.0935. The van der Waals surface area contributed by atoms with Gasteiger partial charge < -0.3 is 20.1 Å². The highest BCUT2D eigenvalue weighted by molar-refractivity contribution is 14.1. The van der Waals surface area contributed by atoms with Gasteiger partial charge in [-0.3, -0.25) is 4.68 Å². The molecule has 4 aromatic rings. The molecular weight excluding hydrogens is 703 g/mol. The molecular formula is C24H20BrClF2IN5O4. The van der Waals surface area contributed by atoms with E-state index in [4.69, 9.17) is 16.3 Å². The molecule has 1 aliphatic heterocycles. The third-order valence-electron chi connectivity index (χ3n) is 6.27. The van der Waals surface area contributed by atoms with E-state index in [0.29, 0.717) is 11.5 Å². The van der Waals surface area contributed by atoms with Crippen molar-refractivity contribution < 1.29 is 28.8 Å². The lowest BCUT2D eigenvalue weighted by Crippen LogP contribution is -2.53. The van der Waals surface area contributed by atoms with Gasteiger partial charge in [0.05, 0.1) is 23.5 Å². The largest absolute Gasteiger partial charge is 0.394 e. The van der Waals surface area contributed by atoms with E-state index in [1.165, 1.54) is 29.2 Å². The first-order chi connectivity index (χ1) is 18.1. The van der Waals surface area contributed by atoms with Gasteiger partial charge >= 0.3 is 0 Å². The molecule has 1 saturated heterocycles. The maximum atomic E-state index is 14.6. The van der Waals surface area contributed by atoms with Gasteiger partial charge in [-0.1, -0.05) is 27.5 Å². The van der Waals surface area contributed by atoms with Crippen LogP contribution >= 0.6 is 50.1 Å². The third-order valence-corrected chi connectivity index (χ3v) is 7.97. The van der Waals surface area contributed by atoms with E-state index < -0.39 is 48.7 Å². The van der Waals surface area contributed by atoms with E-state index in [1.54, 1.807) is 11.6 Å². The first kappa shape index (κ1) is 27.6. The van der Waals surface area contributed by atoms with Gasteiger partial charge in [0.1, 0.15) is 36.3 Å². The van der Waals surface area contributed by atoms with Crippen LogP contribution in [0.25, 0.3) is 16.8 Å². The smallest absolute Gasteiger partial charge is 0.178 e. The van der Waals surface area contributed by atoms with Gasteiger partial charge in [0.2, 0.25) is 0 Å². The molecule has 0 unspecified atom stereocenters. The zero-order chi connectivity index (χ0) is 27.3. The molecule has 200 valence electrons. The second-order valence-electron chi connectivity index (χ2n) is 8.71. The average Bonchev–Trinajstić information content (AvgIpc) is 3.51. The molecule has 3 N–H and O–H groups in total. The molecule has 2 aromatic carbocycles. The lowest BCUT2D eigenvalue weighted by atomic mass is 9.92. The van der Waals surface area contributed by atoms with Crippen LogP contribution in [0.3, 0.4) is 0 Å². The Morgan fingerprint density at radius 1 is 1.16 bits per heavy atom. The summed E-state index contributed by atoms with van der Waals surface area (Å²) in [5.74, 6) is -1.68. The number of halogens is 5. The highest BCUT2D eigenvalue weighted by Crippen LogP contribution is 2.39. The molecule has 5 rings (SSSR count). The van der Waals surface area contributed by atoms with Crippen LogP contribution in [-0.2, 0) is 4.74 Å². The first-order valence-corrected chi connectivity index (χ1v) is 13.5. The van der Waals surface area contributed by atoms with E-state index in [0.717, 1.165) is 8.04 Å². The van der Waals surface area contributed by atoms with Crippen molar-refractivity contribution in [1.29, 1.82) is 0 Å². The molecule has 9 nitrogen and oxygen atoms in total. The molecule has 0 amide bonds. The summed E-state index contributed by atoms with van der Waals surface area (Å²) in [4.78, 5) is 4.49. The van der Waals surface area contributed by atoms with Crippen molar-refractivity contribution in [2.75, 3.05) is 6.61 Å². The lowest BCUT2D eigenvalue weighted by molar-refractivity contribution is -0.210. The Balaban J connectivity index is 1.56. The summed E-state index contributed by atoms with van der Waals surface area (Å²) in [6.07, 6.45) is -2.41. The van der Waals surface area contributed by atoms with Gasteiger partial charge in [-0.25, -0.2) is 18.4 Å². The van der Waals surface area contributed by atoms with Gasteiger partial charge in [0.15, 0.2) is 17.5 Å². The summed E-state index contributed by atoms with van der Waals surface area (Å²) in [5, 5.41) is 40.8. The molecule has 38 heavy (non-hydrogen) atoms. The number of rotatable bonds is 5. The average molecular weight is 723 g/mol. The maximum absolute atomic E-state index is 14.6. The van der Waals surface area contributed by atoms with Crippen LogP contribution in [0.15, 0.2) is 47.2 Å². The number of ether oxygens (including phenoxy) is 1. The molecule has 1 fully saturated rings. The molecule has 3 heterocycles. The number of hydrogen-bond acceptors (Lipinski definition) is 7. The highest BCUT2D eigenvalue weighted by atomic mass is 127. The fraction of sp³-hybridized carbons (Fsp3) is 0.292. The number of hydrogen-bond donors (Lipinski definition) is 3. The number of aromatic nitrogens is 5. The van der Waals surface area contributed by atoms with Crippen LogP contribution in [0.1, 0.15) is 23.8 Å². The van der Waals surface area contributed by atoms with Crippen molar-refractivity contribution in [1.82, 2.24) is 24.5 Å². The van der Waals surface area contributed by atoms with E-state index in [2.05, 4.69) is 53.7 Å². The van der Waals surface area contributed by atoms with Crippen molar-refractivity contribution in [3.05, 3.63) is 79.1 Å². The monoisotopic (exact) mass is 721 g/mol. The minimum atomic E-state index is -1.42. The second-order valence-corrected chi connectivity index (χ2v) is 11.2.